The highest BCUT2D eigenvalue weighted by atomic mass is 32.1. The van der Waals surface area contributed by atoms with Crippen LogP contribution < -0.4 is 19.7 Å². The molecule has 3 heterocycles. The number of anilines is 1. The highest BCUT2D eigenvalue weighted by molar-refractivity contribution is 7.22. The average Bonchev–Trinajstić information content (AvgIpc) is 3.09. The molecule has 1 aliphatic heterocycles. The van der Waals surface area contributed by atoms with Gasteiger partial charge < -0.3 is 14.8 Å². The van der Waals surface area contributed by atoms with Gasteiger partial charge in [-0.15, -0.1) is 0 Å². The monoisotopic (exact) mass is 363 g/mol. The zero-order chi connectivity index (χ0) is 16.7. The van der Waals surface area contributed by atoms with Gasteiger partial charge in [-0.3, -0.25) is 14.2 Å². The number of hydrogen-bond acceptors (Lipinski definition) is 7. The molecule has 3 aromatic rings. The van der Waals surface area contributed by atoms with Gasteiger partial charge in [0.25, 0.3) is 0 Å². The Morgan fingerprint density at radius 2 is 2.08 bits per heavy atom. The molecule has 124 valence electrons. The van der Waals surface area contributed by atoms with Crippen LogP contribution in [0.4, 0.5) is 5.13 Å². The first-order chi connectivity index (χ1) is 11.6. The fourth-order valence-electron chi connectivity index (χ4n) is 2.42. The van der Waals surface area contributed by atoms with Crippen molar-refractivity contribution in [3.8, 4) is 11.5 Å². The molecule has 0 atom stereocenters. The van der Waals surface area contributed by atoms with Gasteiger partial charge in [-0.05, 0) is 6.92 Å². The van der Waals surface area contributed by atoms with Gasteiger partial charge >= 0.3 is 4.87 Å². The lowest BCUT2D eigenvalue weighted by atomic mass is 10.3. The summed E-state index contributed by atoms with van der Waals surface area (Å²) in [6.45, 7) is 2.82. The van der Waals surface area contributed by atoms with Gasteiger partial charge in [0.2, 0.25) is 5.91 Å². The molecule has 4 rings (SSSR count). The second-order valence-electron chi connectivity index (χ2n) is 5.26. The Morgan fingerprint density at radius 3 is 2.79 bits per heavy atom. The third-order valence-corrected chi connectivity index (χ3v) is 5.39. The minimum atomic E-state index is -0.282. The number of carbonyl (C=O) groups excluding carboxylic acids is 1. The molecule has 9 heteroatoms. The van der Waals surface area contributed by atoms with E-state index in [1.54, 1.807) is 12.3 Å². The summed E-state index contributed by atoms with van der Waals surface area (Å²) in [5.41, 5.74) is 1.51. The standard InChI is InChI=1S/C15H13N3O4S2/c1-8-7-23-15(20)18(8)6-13(19)17-14-16-9-4-10-11(5-12(9)24-14)22-3-2-21-10/h4-5,7H,2-3,6H2,1H3,(H,16,17,19). The highest BCUT2D eigenvalue weighted by Gasteiger charge is 2.16. The Labute approximate surface area is 144 Å². The normalized spacial score (nSPS) is 13.2. The quantitative estimate of drug-likeness (QED) is 0.772. The van der Waals surface area contributed by atoms with Gasteiger partial charge in [-0.1, -0.05) is 22.7 Å². The molecule has 0 spiro atoms. The van der Waals surface area contributed by atoms with E-state index in [-0.39, 0.29) is 17.3 Å². The van der Waals surface area contributed by atoms with E-state index >= 15 is 0 Å². The Balaban J connectivity index is 1.56. The second-order valence-corrected chi connectivity index (χ2v) is 7.11. The largest absolute Gasteiger partial charge is 0.486 e. The topological polar surface area (TPSA) is 82.5 Å². The van der Waals surface area contributed by atoms with Crippen LogP contribution in [-0.2, 0) is 11.3 Å². The lowest BCUT2D eigenvalue weighted by Crippen LogP contribution is -2.25. The number of rotatable bonds is 3. The number of carbonyl (C=O) groups is 1. The molecule has 1 aromatic carbocycles. The van der Waals surface area contributed by atoms with Crippen molar-refractivity contribution in [3.05, 3.63) is 32.9 Å². The number of nitrogens with one attached hydrogen (secondary N) is 1. The minimum Gasteiger partial charge on any atom is -0.486 e. The van der Waals surface area contributed by atoms with Gasteiger partial charge in [-0.2, -0.15) is 0 Å². The predicted molar refractivity (Wildman–Crippen MR) is 92.6 cm³/mol. The zero-order valence-electron chi connectivity index (χ0n) is 12.7. The fourth-order valence-corrected chi connectivity index (χ4v) is 4.04. The molecular formula is C15H13N3O4S2. The van der Waals surface area contributed by atoms with Crippen LogP contribution in [0.15, 0.2) is 22.3 Å². The summed E-state index contributed by atoms with van der Waals surface area (Å²) >= 11 is 2.44. The summed E-state index contributed by atoms with van der Waals surface area (Å²) < 4.78 is 13.4. The van der Waals surface area contributed by atoms with Crippen LogP contribution in [0.25, 0.3) is 10.2 Å². The summed E-state index contributed by atoms with van der Waals surface area (Å²) in [6, 6.07) is 3.67. The third kappa shape index (κ3) is 2.76. The van der Waals surface area contributed by atoms with E-state index in [0.29, 0.717) is 29.8 Å². The maximum atomic E-state index is 12.2. The van der Waals surface area contributed by atoms with E-state index in [1.165, 1.54) is 15.9 Å². The average molecular weight is 363 g/mol. The van der Waals surface area contributed by atoms with E-state index < -0.39 is 0 Å². The molecular weight excluding hydrogens is 350 g/mol. The fraction of sp³-hybridized carbons (Fsp3) is 0.267. The molecule has 0 saturated heterocycles. The van der Waals surface area contributed by atoms with Gasteiger partial charge in [0.05, 0.1) is 10.2 Å². The molecule has 2 aromatic heterocycles. The minimum absolute atomic E-state index is 0.0210. The SMILES string of the molecule is Cc1csc(=O)n1CC(=O)Nc1nc2cc3c(cc2s1)OCCO3. The van der Waals surface area contributed by atoms with Crippen LogP contribution in [0, 0.1) is 6.92 Å². The summed E-state index contributed by atoms with van der Waals surface area (Å²) in [5.74, 6) is 1.07. The molecule has 24 heavy (non-hydrogen) atoms. The number of benzene rings is 1. The summed E-state index contributed by atoms with van der Waals surface area (Å²) in [4.78, 5) is 28.1. The van der Waals surface area contributed by atoms with Gasteiger partial charge in [-0.25, -0.2) is 4.98 Å². The molecule has 0 aliphatic carbocycles. The van der Waals surface area contributed by atoms with Crippen molar-refractivity contribution < 1.29 is 14.3 Å². The molecule has 1 aliphatic rings. The number of ether oxygens (including phenoxy) is 2. The maximum absolute atomic E-state index is 12.2. The van der Waals surface area contributed by atoms with E-state index in [1.807, 2.05) is 12.1 Å². The highest BCUT2D eigenvalue weighted by Crippen LogP contribution is 2.37. The van der Waals surface area contributed by atoms with Crippen molar-refractivity contribution in [2.24, 2.45) is 0 Å². The Kier molecular flexibility index (Phi) is 3.73. The number of hydrogen-bond donors (Lipinski definition) is 1. The first kappa shape index (κ1) is 15.2. The van der Waals surface area contributed by atoms with Crippen molar-refractivity contribution in [2.45, 2.75) is 13.5 Å². The molecule has 0 radical (unpaired) electrons. The van der Waals surface area contributed by atoms with Crippen molar-refractivity contribution in [1.29, 1.82) is 0 Å². The molecule has 1 N–H and O–H groups in total. The van der Waals surface area contributed by atoms with Crippen molar-refractivity contribution in [2.75, 3.05) is 18.5 Å². The van der Waals surface area contributed by atoms with Crippen LogP contribution >= 0.6 is 22.7 Å². The number of thiazole rings is 2. The lowest BCUT2D eigenvalue weighted by molar-refractivity contribution is -0.116. The lowest BCUT2D eigenvalue weighted by Gasteiger charge is -2.17. The number of fused-ring (bicyclic) bond motifs is 2. The Bertz CT molecular complexity index is 945. The van der Waals surface area contributed by atoms with Crippen molar-refractivity contribution in [1.82, 2.24) is 9.55 Å². The molecule has 0 bridgehead atoms. The first-order valence-corrected chi connectivity index (χ1v) is 8.95. The van der Waals surface area contributed by atoms with Gasteiger partial charge in [0.15, 0.2) is 16.6 Å². The number of amides is 1. The molecule has 7 nitrogen and oxygen atoms in total. The summed E-state index contributed by atoms with van der Waals surface area (Å²) in [7, 11) is 0. The second kappa shape index (κ2) is 5.91. The van der Waals surface area contributed by atoms with Gasteiger partial charge in [0, 0.05) is 23.2 Å². The predicted octanol–water partition coefficient (Wildman–Crippen LogP) is 2.24. The summed E-state index contributed by atoms with van der Waals surface area (Å²) in [5, 5.41) is 4.96. The summed E-state index contributed by atoms with van der Waals surface area (Å²) in [6.07, 6.45) is 0. The smallest absolute Gasteiger partial charge is 0.307 e. The third-order valence-electron chi connectivity index (χ3n) is 3.58. The van der Waals surface area contributed by atoms with Crippen LogP contribution in [0.1, 0.15) is 5.69 Å². The first-order valence-electron chi connectivity index (χ1n) is 7.25. The van der Waals surface area contributed by atoms with Crippen LogP contribution in [-0.4, -0.2) is 28.7 Å². The zero-order valence-corrected chi connectivity index (χ0v) is 14.3. The van der Waals surface area contributed by atoms with E-state index in [2.05, 4.69) is 10.3 Å². The van der Waals surface area contributed by atoms with E-state index in [0.717, 1.165) is 27.2 Å². The van der Waals surface area contributed by atoms with E-state index in [9.17, 15) is 9.59 Å². The Morgan fingerprint density at radius 1 is 1.33 bits per heavy atom. The number of nitrogens with zero attached hydrogens (tertiary/aromatic N) is 2. The van der Waals surface area contributed by atoms with Crippen molar-refractivity contribution in [3.63, 3.8) is 0 Å². The molecule has 1 amide bonds. The maximum Gasteiger partial charge on any atom is 0.307 e. The number of aromatic nitrogens is 2. The van der Waals surface area contributed by atoms with Crippen LogP contribution in [0.2, 0.25) is 0 Å². The van der Waals surface area contributed by atoms with Gasteiger partial charge in [0.1, 0.15) is 19.8 Å². The van der Waals surface area contributed by atoms with Crippen LogP contribution in [0.3, 0.4) is 0 Å². The number of aryl methyl sites for hydroxylation is 1. The van der Waals surface area contributed by atoms with Crippen molar-refractivity contribution >= 4 is 43.9 Å². The Hall–Kier alpha value is -2.39. The molecule has 0 unspecified atom stereocenters. The van der Waals surface area contributed by atoms with E-state index in [4.69, 9.17) is 9.47 Å². The van der Waals surface area contributed by atoms with Crippen LogP contribution in [0.5, 0.6) is 11.5 Å². The molecule has 0 saturated carbocycles. The molecule has 0 fully saturated rings.